The number of aromatic nitrogens is 2. The van der Waals surface area contributed by atoms with Crippen LogP contribution in [0.4, 0.5) is 0 Å². The number of thiophene rings is 1. The molecule has 2 heterocycles. The fourth-order valence-electron chi connectivity index (χ4n) is 3.52. The number of hydrogen-bond acceptors (Lipinski definition) is 4. The lowest BCUT2D eigenvalue weighted by Crippen LogP contribution is -2.35. The van der Waals surface area contributed by atoms with Gasteiger partial charge in [-0.05, 0) is 43.2 Å². The molecule has 190 valence electrons. The second-order valence-corrected chi connectivity index (χ2v) is 9.95. The number of imidazole rings is 1. The monoisotopic (exact) mass is 532 g/mol. The van der Waals surface area contributed by atoms with Gasteiger partial charge < -0.3 is 14.6 Å². The van der Waals surface area contributed by atoms with Gasteiger partial charge in [-0.1, -0.05) is 83.8 Å². The van der Waals surface area contributed by atoms with Crippen molar-refractivity contribution in [2.75, 3.05) is 6.61 Å². The van der Waals surface area contributed by atoms with Gasteiger partial charge in [0, 0.05) is 4.88 Å². The smallest absolute Gasteiger partial charge is 0.244 e. The van der Waals surface area contributed by atoms with Gasteiger partial charge in [0.25, 0.3) is 0 Å². The van der Waals surface area contributed by atoms with Gasteiger partial charge in [0.1, 0.15) is 38.2 Å². The molecule has 0 saturated carbocycles. The average Bonchev–Trinajstić information content (AvgIpc) is 3.52. The fraction of sp³-hybridized carbons (Fsp3) is 0.200. The Morgan fingerprint density at radius 3 is 2.68 bits per heavy atom. The van der Waals surface area contributed by atoms with Crippen LogP contribution in [0.5, 0.6) is 0 Å². The molecule has 1 unspecified atom stereocenters. The van der Waals surface area contributed by atoms with Crippen molar-refractivity contribution in [2.24, 2.45) is 0 Å². The first-order valence-electron chi connectivity index (χ1n) is 11.7. The van der Waals surface area contributed by atoms with Gasteiger partial charge in [-0.3, -0.25) is 0 Å². The second-order valence-electron chi connectivity index (χ2n) is 8.20. The Balaban J connectivity index is 0.000000289. The number of aryl methyl sites for hydroxylation is 1. The Morgan fingerprint density at radius 2 is 2.00 bits per heavy atom. The van der Waals surface area contributed by atoms with E-state index >= 15 is 0 Å². The van der Waals surface area contributed by atoms with Crippen LogP contribution in [0.15, 0.2) is 91.5 Å². The summed E-state index contributed by atoms with van der Waals surface area (Å²) in [5.74, 6) is 4.67. The molecule has 0 saturated heterocycles. The summed E-state index contributed by atoms with van der Waals surface area (Å²) in [7, 11) is 0. The number of carboxylic acid groups (broad SMARTS) is 1. The summed E-state index contributed by atoms with van der Waals surface area (Å²) in [4.78, 5) is 11.1. The summed E-state index contributed by atoms with van der Waals surface area (Å²) >= 11 is 7.66. The molecular weight excluding hydrogens is 504 g/mol. The van der Waals surface area contributed by atoms with Crippen molar-refractivity contribution < 1.29 is 19.2 Å². The number of benzene rings is 2. The Bertz CT molecular complexity index is 1370. The molecule has 0 aliphatic heterocycles. The van der Waals surface area contributed by atoms with Gasteiger partial charge in [0.2, 0.25) is 6.33 Å². The third kappa shape index (κ3) is 10.1. The molecule has 0 bridgehead atoms. The van der Waals surface area contributed by atoms with Gasteiger partial charge in [0.15, 0.2) is 0 Å². The van der Waals surface area contributed by atoms with Crippen LogP contribution in [0.1, 0.15) is 34.6 Å². The van der Waals surface area contributed by atoms with Crippen molar-refractivity contribution in [1.29, 1.82) is 0 Å². The van der Waals surface area contributed by atoms with Crippen molar-refractivity contribution in [3.63, 3.8) is 0 Å². The molecule has 2 aromatic heterocycles. The van der Waals surface area contributed by atoms with Crippen LogP contribution in [0, 0.1) is 18.8 Å². The van der Waals surface area contributed by atoms with Crippen LogP contribution < -0.4 is 9.67 Å². The normalized spacial score (nSPS) is 11.3. The number of hydrogen-bond donors (Lipinski definition) is 0. The molecule has 0 spiro atoms. The van der Waals surface area contributed by atoms with Crippen molar-refractivity contribution in [3.05, 3.63) is 117 Å². The first kappa shape index (κ1) is 27.9. The lowest BCUT2D eigenvalue weighted by Gasteiger charge is -2.12. The highest BCUT2D eigenvalue weighted by Crippen LogP contribution is 2.29. The Hall–Kier alpha value is -3.63. The van der Waals surface area contributed by atoms with Gasteiger partial charge >= 0.3 is 0 Å². The third-order valence-electron chi connectivity index (χ3n) is 5.23. The number of carbonyl (C=O) groups is 1. The zero-order valence-corrected chi connectivity index (χ0v) is 22.4. The summed E-state index contributed by atoms with van der Waals surface area (Å²) in [6.45, 7) is 5.93. The molecule has 2 aromatic carbocycles. The molecule has 4 aromatic rings. The number of rotatable bonds is 9. The van der Waals surface area contributed by atoms with Gasteiger partial charge in [-0.25, -0.2) is 9.13 Å². The van der Waals surface area contributed by atoms with Crippen LogP contribution in [0.25, 0.3) is 6.08 Å². The molecule has 1 atom stereocenters. The summed E-state index contributed by atoms with van der Waals surface area (Å²) in [6.07, 6.45) is 8.72. The topological polar surface area (TPSA) is 58.2 Å². The predicted octanol–water partition coefficient (Wildman–Crippen LogP) is 5.08. The van der Waals surface area contributed by atoms with E-state index in [2.05, 4.69) is 70.9 Å². The lowest BCUT2D eigenvalue weighted by atomic mass is 10.1. The molecule has 0 amide bonds. The number of ether oxygens (including phenoxy) is 1. The summed E-state index contributed by atoms with van der Waals surface area (Å²) in [6, 6.07) is 21.7. The molecular formula is C30H29ClN2O3S. The van der Waals surface area contributed by atoms with E-state index in [1.807, 2.05) is 49.4 Å². The van der Waals surface area contributed by atoms with Gasteiger partial charge in [-0.15, -0.1) is 17.3 Å². The molecule has 0 N–H and O–H groups in total. The van der Waals surface area contributed by atoms with Crippen molar-refractivity contribution in [3.8, 4) is 11.8 Å². The second kappa shape index (κ2) is 14.8. The highest BCUT2D eigenvalue weighted by Gasteiger charge is 2.18. The standard InChI is InChI=1S/C21H22ClN2OS.C9H8O2/c1-3-4-12-25-19(20-8-9-21(22)26-20)15-24-11-10-23(16-24)14-18-7-5-6-17(2)13-18;10-9(11)7-6-8-4-2-1-3-5-8/h5-11,13,16,19H,12,14-15H2,1-2H3;1-7H,(H,10,11)/q+1;/p-1. The summed E-state index contributed by atoms with van der Waals surface area (Å²) in [5.41, 5.74) is 3.43. The first-order chi connectivity index (χ1) is 17.9. The maximum Gasteiger partial charge on any atom is 0.244 e. The molecule has 0 radical (unpaired) electrons. The zero-order chi connectivity index (χ0) is 26.5. The van der Waals surface area contributed by atoms with E-state index < -0.39 is 5.97 Å². The third-order valence-corrected chi connectivity index (χ3v) is 6.55. The van der Waals surface area contributed by atoms with E-state index in [9.17, 15) is 9.90 Å². The summed E-state index contributed by atoms with van der Waals surface area (Å²) in [5, 5.41) is 9.97. The minimum atomic E-state index is -1.17. The van der Waals surface area contributed by atoms with E-state index in [1.54, 1.807) is 11.3 Å². The first-order valence-corrected chi connectivity index (χ1v) is 12.9. The average molecular weight is 533 g/mol. The van der Waals surface area contributed by atoms with Crippen molar-refractivity contribution >= 4 is 35.0 Å². The molecule has 0 aliphatic carbocycles. The summed E-state index contributed by atoms with van der Waals surface area (Å²) < 4.78 is 11.1. The highest BCUT2D eigenvalue weighted by molar-refractivity contribution is 7.16. The lowest BCUT2D eigenvalue weighted by molar-refractivity contribution is -0.704. The number of carboxylic acids is 1. The van der Waals surface area contributed by atoms with E-state index in [1.165, 1.54) is 17.2 Å². The van der Waals surface area contributed by atoms with Crippen LogP contribution >= 0.6 is 22.9 Å². The zero-order valence-electron chi connectivity index (χ0n) is 20.8. The molecule has 4 rings (SSSR count). The molecule has 5 nitrogen and oxygen atoms in total. The quantitative estimate of drug-likeness (QED) is 0.172. The van der Waals surface area contributed by atoms with E-state index in [4.69, 9.17) is 16.3 Å². The number of aliphatic carboxylic acids is 1. The van der Waals surface area contributed by atoms with E-state index in [-0.39, 0.29) is 6.10 Å². The van der Waals surface area contributed by atoms with Crippen molar-refractivity contribution in [2.45, 2.75) is 33.0 Å². The van der Waals surface area contributed by atoms with Crippen LogP contribution in [-0.4, -0.2) is 17.1 Å². The largest absolute Gasteiger partial charge is 0.545 e. The van der Waals surface area contributed by atoms with Crippen molar-refractivity contribution in [1.82, 2.24) is 4.57 Å². The van der Waals surface area contributed by atoms with E-state index in [0.717, 1.165) is 33.9 Å². The Morgan fingerprint density at radius 1 is 1.19 bits per heavy atom. The predicted molar refractivity (Wildman–Crippen MR) is 147 cm³/mol. The Kier molecular flexibility index (Phi) is 11.2. The number of nitrogens with zero attached hydrogens (tertiary/aromatic N) is 2. The SMILES string of the molecule is CC#CCOC(C[n+]1ccn(Cc2cccc(C)c2)c1)c1ccc(Cl)s1.O=C([O-])C=Cc1ccccc1. The molecule has 0 aliphatic rings. The number of halogens is 1. The fourth-order valence-corrected chi connectivity index (χ4v) is 4.62. The maximum atomic E-state index is 9.97. The highest BCUT2D eigenvalue weighted by atomic mass is 35.5. The van der Waals surface area contributed by atoms with E-state index in [0.29, 0.717) is 6.61 Å². The van der Waals surface area contributed by atoms with Crippen LogP contribution in [-0.2, 0) is 22.6 Å². The minimum absolute atomic E-state index is 0.0619. The van der Waals surface area contributed by atoms with Crippen LogP contribution in [0.3, 0.4) is 0 Å². The van der Waals surface area contributed by atoms with Crippen LogP contribution in [0.2, 0.25) is 4.34 Å². The molecule has 7 heteroatoms. The molecule has 0 fully saturated rings. The van der Waals surface area contributed by atoms with Gasteiger partial charge in [-0.2, -0.15) is 0 Å². The Labute approximate surface area is 227 Å². The maximum absolute atomic E-state index is 9.97. The molecule has 37 heavy (non-hydrogen) atoms. The van der Waals surface area contributed by atoms with Gasteiger partial charge in [0.05, 0.1) is 10.3 Å². The number of carbonyl (C=O) groups excluding carboxylic acids is 1. The minimum Gasteiger partial charge on any atom is -0.545 e.